The van der Waals surface area contributed by atoms with Crippen molar-refractivity contribution < 1.29 is 9.84 Å². The van der Waals surface area contributed by atoms with Crippen LogP contribution in [0.3, 0.4) is 0 Å². The summed E-state index contributed by atoms with van der Waals surface area (Å²) < 4.78 is 5.08. The van der Waals surface area contributed by atoms with Gasteiger partial charge in [-0.1, -0.05) is 0 Å². The van der Waals surface area contributed by atoms with Gasteiger partial charge < -0.3 is 15.6 Å². The van der Waals surface area contributed by atoms with Crippen molar-refractivity contribution in [1.29, 1.82) is 0 Å². The van der Waals surface area contributed by atoms with Crippen molar-refractivity contribution >= 4 is 0 Å². The normalized spacial score (nSPS) is 39.3. The van der Waals surface area contributed by atoms with E-state index in [4.69, 9.17) is 10.5 Å². The number of aliphatic hydroxyl groups is 1. The Bertz CT molecular complexity index is 110. The SMILES string of the molecule is CCOCC1(O)CC(N)C1. The summed E-state index contributed by atoms with van der Waals surface area (Å²) in [6, 6.07) is 0.186. The minimum atomic E-state index is -0.602. The van der Waals surface area contributed by atoms with Gasteiger partial charge in [0.1, 0.15) is 0 Å². The quantitative estimate of drug-likeness (QED) is 0.582. The summed E-state index contributed by atoms with van der Waals surface area (Å²) >= 11 is 0. The zero-order valence-corrected chi connectivity index (χ0v) is 6.34. The maximum Gasteiger partial charge on any atom is 0.0909 e. The van der Waals surface area contributed by atoms with Crippen molar-refractivity contribution in [2.75, 3.05) is 13.2 Å². The zero-order valence-electron chi connectivity index (χ0n) is 6.34. The Morgan fingerprint density at radius 2 is 2.30 bits per heavy atom. The summed E-state index contributed by atoms with van der Waals surface area (Å²) in [5.41, 5.74) is 4.91. The number of hydrogen-bond acceptors (Lipinski definition) is 3. The van der Waals surface area contributed by atoms with Gasteiger partial charge in [0.2, 0.25) is 0 Å². The predicted molar refractivity (Wildman–Crippen MR) is 38.7 cm³/mol. The Morgan fingerprint density at radius 1 is 1.70 bits per heavy atom. The van der Waals surface area contributed by atoms with Gasteiger partial charge in [-0.2, -0.15) is 0 Å². The summed E-state index contributed by atoms with van der Waals surface area (Å²) in [4.78, 5) is 0. The van der Waals surface area contributed by atoms with Gasteiger partial charge >= 0.3 is 0 Å². The van der Waals surface area contributed by atoms with E-state index in [9.17, 15) is 5.11 Å². The second-order valence-corrected chi connectivity index (χ2v) is 3.03. The summed E-state index contributed by atoms with van der Waals surface area (Å²) in [6.45, 7) is 3.02. The summed E-state index contributed by atoms with van der Waals surface area (Å²) in [6.07, 6.45) is 1.38. The minimum Gasteiger partial charge on any atom is -0.387 e. The van der Waals surface area contributed by atoms with Crippen molar-refractivity contribution in [3.05, 3.63) is 0 Å². The first-order valence-corrected chi connectivity index (χ1v) is 3.72. The van der Waals surface area contributed by atoms with Gasteiger partial charge in [0.15, 0.2) is 0 Å². The third-order valence-corrected chi connectivity index (χ3v) is 1.86. The van der Waals surface area contributed by atoms with Crippen molar-refractivity contribution in [1.82, 2.24) is 0 Å². The number of rotatable bonds is 3. The van der Waals surface area contributed by atoms with Crippen LogP contribution in [0.1, 0.15) is 19.8 Å². The van der Waals surface area contributed by atoms with Crippen LogP contribution in [-0.2, 0) is 4.74 Å². The molecule has 0 aliphatic heterocycles. The highest BCUT2D eigenvalue weighted by Crippen LogP contribution is 2.30. The molecular weight excluding hydrogens is 130 g/mol. The Morgan fingerprint density at radius 3 is 2.70 bits per heavy atom. The van der Waals surface area contributed by atoms with Crippen molar-refractivity contribution in [3.63, 3.8) is 0 Å². The Labute approximate surface area is 61.2 Å². The molecular formula is C7H15NO2. The monoisotopic (exact) mass is 145 g/mol. The van der Waals surface area contributed by atoms with Crippen LogP contribution in [0.4, 0.5) is 0 Å². The van der Waals surface area contributed by atoms with Crippen LogP contribution in [0.25, 0.3) is 0 Å². The highest BCUT2D eigenvalue weighted by molar-refractivity contribution is 4.96. The van der Waals surface area contributed by atoms with Crippen LogP contribution < -0.4 is 5.73 Å². The molecule has 1 saturated carbocycles. The number of nitrogens with two attached hydrogens (primary N) is 1. The van der Waals surface area contributed by atoms with Gasteiger partial charge in [0.25, 0.3) is 0 Å². The molecule has 1 aliphatic rings. The van der Waals surface area contributed by atoms with Crippen LogP contribution in [0, 0.1) is 0 Å². The van der Waals surface area contributed by atoms with E-state index in [1.54, 1.807) is 0 Å². The molecule has 0 radical (unpaired) electrons. The van der Waals surface area contributed by atoms with Gasteiger partial charge in [0.05, 0.1) is 12.2 Å². The van der Waals surface area contributed by atoms with E-state index < -0.39 is 5.60 Å². The minimum absolute atomic E-state index is 0.186. The van der Waals surface area contributed by atoms with E-state index in [1.807, 2.05) is 6.92 Å². The van der Waals surface area contributed by atoms with Crippen LogP contribution in [0.5, 0.6) is 0 Å². The first kappa shape index (κ1) is 7.98. The molecule has 0 unspecified atom stereocenters. The van der Waals surface area contributed by atoms with Gasteiger partial charge in [0, 0.05) is 12.6 Å². The molecule has 0 bridgehead atoms. The van der Waals surface area contributed by atoms with E-state index in [1.165, 1.54) is 0 Å². The van der Waals surface area contributed by atoms with Crippen LogP contribution in [0.15, 0.2) is 0 Å². The lowest BCUT2D eigenvalue weighted by Gasteiger charge is -2.41. The molecule has 3 N–H and O–H groups in total. The average Bonchev–Trinajstić information content (AvgIpc) is 1.81. The molecule has 0 heterocycles. The Balaban J connectivity index is 2.15. The van der Waals surface area contributed by atoms with E-state index in [0.717, 1.165) is 0 Å². The molecule has 1 rings (SSSR count). The number of hydrogen-bond donors (Lipinski definition) is 2. The standard InChI is InChI=1S/C7H15NO2/c1-2-10-5-7(9)3-6(8)4-7/h6,9H,2-5,8H2,1H3. The second kappa shape index (κ2) is 2.86. The molecule has 0 amide bonds. The fraction of sp³-hybridized carbons (Fsp3) is 1.00. The fourth-order valence-corrected chi connectivity index (χ4v) is 1.33. The lowest BCUT2D eigenvalue weighted by Crippen LogP contribution is -2.54. The van der Waals surface area contributed by atoms with Crippen LogP contribution >= 0.6 is 0 Å². The third-order valence-electron chi connectivity index (χ3n) is 1.86. The van der Waals surface area contributed by atoms with Gasteiger partial charge in [-0.15, -0.1) is 0 Å². The largest absolute Gasteiger partial charge is 0.387 e. The maximum absolute atomic E-state index is 9.51. The van der Waals surface area contributed by atoms with Gasteiger partial charge in [-0.3, -0.25) is 0 Å². The molecule has 0 atom stereocenters. The van der Waals surface area contributed by atoms with E-state index in [-0.39, 0.29) is 6.04 Å². The lowest BCUT2D eigenvalue weighted by atomic mass is 9.77. The molecule has 1 aliphatic carbocycles. The van der Waals surface area contributed by atoms with E-state index in [0.29, 0.717) is 26.1 Å². The smallest absolute Gasteiger partial charge is 0.0909 e. The Hall–Kier alpha value is -0.120. The molecule has 0 aromatic carbocycles. The zero-order chi connectivity index (χ0) is 7.61. The molecule has 0 spiro atoms. The second-order valence-electron chi connectivity index (χ2n) is 3.03. The molecule has 0 aromatic rings. The van der Waals surface area contributed by atoms with Crippen LogP contribution in [-0.4, -0.2) is 30.0 Å². The summed E-state index contributed by atoms with van der Waals surface area (Å²) in [7, 11) is 0. The molecule has 3 nitrogen and oxygen atoms in total. The number of ether oxygens (including phenoxy) is 1. The van der Waals surface area contributed by atoms with Crippen molar-refractivity contribution in [2.45, 2.75) is 31.4 Å². The maximum atomic E-state index is 9.51. The average molecular weight is 145 g/mol. The Kier molecular flexibility index (Phi) is 2.28. The molecule has 10 heavy (non-hydrogen) atoms. The third kappa shape index (κ3) is 1.68. The molecule has 60 valence electrons. The predicted octanol–water partition coefficient (Wildman–Crippen LogP) is -0.125. The van der Waals surface area contributed by atoms with Crippen molar-refractivity contribution in [2.24, 2.45) is 5.73 Å². The summed E-state index contributed by atoms with van der Waals surface area (Å²) in [5.74, 6) is 0. The fourth-order valence-electron chi connectivity index (χ4n) is 1.33. The van der Waals surface area contributed by atoms with E-state index >= 15 is 0 Å². The lowest BCUT2D eigenvalue weighted by molar-refractivity contribution is -0.103. The molecule has 1 fully saturated rings. The van der Waals surface area contributed by atoms with Gasteiger partial charge in [-0.05, 0) is 19.8 Å². The molecule has 3 heteroatoms. The summed E-state index contributed by atoms with van der Waals surface area (Å²) in [5, 5.41) is 9.51. The first-order valence-electron chi connectivity index (χ1n) is 3.72. The van der Waals surface area contributed by atoms with Crippen LogP contribution in [0.2, 0.25) is 0 Å². The van der Waals surface area contributed by atoms with E-state index in [2.05, 4.69) is 0 Å². The molecule has 0 aromatic heterocycles. The highest BCUT2D eigenvalue weighted by Gasteiger charge is 2.40. The van der Waals surface area contributed by atoms with Gasteiger partial charge in [-0.25, -0.2) is 0 Å². The molecule has 0 saturated heterocycles. The topological polar surface area (TPSA) is 55.5 Å². The van der Waals surface area contributed by atoms with Crippen molar-refractivity contribution in [3.8, 4) is 0 Å². The first-order chi connectivity index (χ1) is 4.66. The highest BCUT2D eigenvalue weighted by atomic mass is 16.5.